The van der Waals surface area contributed by atoms with E-state index in [2.05, 4.69) is 11.4 Å². The van der Waals surface area contributed by atoms with E-state index in [9.17, 15) is 4.39 Å². The number of benzene rings is 1. The molecule has 1 aliphatic rings. The molecule has 1 N–H and O–H groups in total. The number of hydrogen-bond donors (Lipinski definition) is 1. The highest BCUT2D eigenvalue weighted by Gasteiger charge is 2.43. The van der Waals surface area contributed by atoms with Gasteiger partial charge in [-0.2, -0.15) is 5.26 Å². The minimum atomic E-state index is -0.423. The molecule has 1 aliphatic carbocycles. The smallest absolute Gasteiger partial charge is 0.125 e. The van der Waals surface area contributed by atoms with Gasteiger partial charge in [-0.05, 0) is 31.0 Å². The van der Waals surface area contributed by atoms with Crippen molar-refractivity contribution in [3.8, 4) is 6.07 Å². The van der Waals surface area contributed by atoms with Gasteiger partial charge in [-0.15, -0.1) is 0 Å². The Kier molecular flexibility index (Phi) is 1.70. The first-order chi connectivity index (χ1) is 6.24. The molecule has 0 bridgehead atoms. The van der Waals surface area contributed by atoms with Gasteiger partial charge in [0.05, 0.1) is 6.07 Å². The van der Waals surface area contributed by atoms with Crippen LogP contribution in [0, 0.1) is 17.1 Å². The van der Waals surface area contributed by atoms with E-state index in [4.69, 9.17) is 5.26 Å². The lowest BCUT2D eigenvalue weighted by Crippen LogP contribution is -2.18. The highest BCUT2D eigenvalue weighted by Crippen LogP contribution is 2.38. The quantitative estimate of drug-likeness (QED) is 0.750. The van der Waals surface area contributed by atoms with Crippen LogP contribution in [0.4, 0.5) is 10.1 Å². The fourth-order valence-corrected chi connectivity index (χ4v) is 1.23. The second-order valence-electron chi connectivity index (χ2n) is 3.33. The zero-order valence-electron chi connectivity index (χ0n) is 7.05. The van der Waals surface area contributed by atoms with Crippen molar-refractivity contribution >= 4 is 5.69 Å². The molecule has 13 heavy (non-hydrogen) atoms. The Morgan fingerprint density at radius 2 is 2.23 bits per heavy atom. The number of rotatable bonds is 2. The first-order valence-electron chi connectivity index (χ1n) is 4.19. The molecule has 0 heterocycles. The predicted molar refractivity (Wildman–Crippen MR) is 47.6 cm³/mol. The Bertz CT molecular complexity index is 363. The maximum absolute atomic E-state index is 12.7. The molecule has 0 aliphatic heterocycles. The summed E-state index contributed by atoms with van der Waals surface area (Å²) in [5, 5.41) is 11.8. The van der Waals surface area contributed by atoms with Crippen LogP contribution in [0.15, 0.2) is 24.3 Å². The first-order valence-corrected chi connectivity index (χ1v) is 4.19. The van der Waals surface area contributed by atoms with Crippen molar-refractivity contribution in [3.63, 3.8) is 0 Å². The van der Waals surface area contributed by atoms with Gasteiger partial charge in [0.25, 0.3) is 0 Å². The average molecular weight is 176 g/mol. The molecule has 1 aromatic rings. The molecule has 0 spiro atoms. The van der Waals surface area contributed by atoms with Gasteiger partial charge in [-0.3, -0.25) is 0 Å². The molecule has 0 unspecified atom stereocenters. The molecule has 3 heteroatoms. The third-order valence-electron chi connectivity index (χ3n) is 2.17. The van der Waals surface area contributed by atoms with Gasteiger partial charge >= 0.3 is 0 Å². The highest BCUT2D eigenvalue weighted by molar-refractivity contribution is 5.50. The molecule has 1 saturated carbocycles. The van der Waals surface area contributed by atoms with Crippen molar-refractivity contribution in [3.05, 3.63) is 30.1 Å². The maximum Gasteiger partial charge on any atom is 0.125 e. The summed E-state index contributed by atoms with van der Waals surface area (Å²) in [4.78, 5) is 0. The largest absolute Gasteiger partial charge is 0.367 e. The zero-order chi connectivity index (χ0) is 9.31. The molecular formula is C10H9FN2. The summed E-state index contributed by atoms with van der Waals surface area (Å²) in [6.45, 7) is 0. The van der Waals surface area contributed by atoms with Crippen LogP contribution >= 0.6 is 0 Å². The fraction of sp³-hybridized carbons (Fsp3) is 0.300. The molecule has 1 aromatic carbocycles. The van der Waals surface area contributed by atoms with Gasteiger partial charge < -0.3 is 5.32 Å². The molecule has 0 amide bonds. The van der Waals surface area contributed by atoms with Gasteiger partial charge in [0.15, 0.2) is 0 Å². The van der Waals surface area contributed by atoms with Crippen molar-refractivity contribution in [2.75, 3.05) is 5.32 Å². The number of halogens is 1. The SMILES string of the molecule is N#CC1(Nc2cccc(F)c2)CC1. The van der Waals surface area contributed by atoms with Crippen LogP contribution in [-0.4, -0.2) is 5.54 Å². The summed E-state index contributed by atoms with van der Waals surface area (Å²) in [5.41, 5.74) is 0.257. The van der Waals surface area contributed by atoms with Crippen molar-refractivity contribution < 1.29 is 4.39 Å². The molecule has 1 fully saturated rings. The van der Waals surface area contributed by atoms with Gasteiger partial charge in [-0.25, -0.2) is 4.39 Å². The summed E-state index contributed by atoms with van der Waals surface area (Å²) in [6, 6.07) is 8.37. The first kappa shape index (κ1) is 8.06. The standard InChI is InChI=1S/C10H9FN2/c11-8-2-1-3-9(6-8)13-10(7-12)4-5-10/h1-3,6,13H,4-5H2. The maximum atomic E-state index is 12.7. The van der Waals surface area contributed by atoms with Crippen molar-refractivity contribution in [2.24, 2.45) is 0 Å². The second kappa shape index (κ2) is 2.74. The third kappa shape index (κ3) is 1.62. The average Bonchev–Trinajstić information content (AvgIpc) is 2.86. The zero-order valence-corrected chi connectivity index (χ0v) is 7.05. The van der Waals surface area contributed by atoms with Crippen LogP contribution in [0.5, 0.6) is 0 Å². The van der Waals surface area contributed by atoms with E-state index in [1.807, 2.05) is 0 Å². The van der Waals surface area contributed by atoms with E-state index in [-0.39, 0.29) is 5.82 Å². The van der Waals surface area contributed by atoms with Crippen LogP contribution in [-0.2, 0) is 0 Å². The minimum Gasteiger partial charge on any atom is -0.367 e. The van der Waals surface area contributed by atoms with Gasteiger partial charge in [-0.1, -0.05) is 6.07 Å². The van der Waals surface area contributed by atoms with Crippen LogP contribution in [0.3, 0.4) is 0 Å². The summed E-state index contributed by atoms with van der Waals surface area (Å²) in [7, 11) is 0. The van der Waals surface area contributed by atoms with Crippen molar-refractivity contribution in [2.45, 2.75) is 18.4 Å². The number of hydrogen-bond acceptors (Lipinski definition) is 2. The van der Waals surface area contributed by atoms with Crippen LogP contribution < -0.4 is 5.32 Å². The van der Waals surface area contributed by atoms with Gasteiger partial charge in [0.1, 0.15) is 11.4 Å². The molecule has 2 rings (SSSR count). The summed E-state index contributed by atoms with van der Waals surface area (Å²) >= 11 is 0. The van der Waals surface area contributed by atoms with Crippen LogP contribution in [0.2, 0.25) is 0 Å². The summed E-state index contributed by atoms with van der Waals surface area (Å²) < 4.78 is 12.7. The van der Waals surface area contributed by atoms with E-state index in [0.29, 0.717) is 5.69 Å². The van der Waals surface area contributed by atoms with E-state index >= 15 is 0 Å². The van der Waals surface area contributed by atoms with E-state index in [0.717, 1.165) is 12.8 Å². The molecule has 66 valence electrons. The lowest BCUT2D eigenvalue weighted by molar-refractivity contribution is 0.628. The van der Waals surface area contributed by atoms with Gasteiger partial charge in [0, 0.05) is 5.69 Å². The molecule has 0 radical (unpaired) electrons. The topological polar surface area (TPSA) is 35.8 Å². The third-order valence-corrected chi connectivity index (χ3v) is 2.17. The predicted octanol–water partition coefficient (Wildman–Crippen LogP) is 2.29. The van der Waals surface area contributed by atoms with Gasteiger partial charge in [0.2, 0.25) is 0 Å². The fourth-order valence-electron chi connectivity index (χ4n) is 1.23. The minimum absolute atomic E-state index is 0.279. The highest BCUT2D eigenvalue weighted by atomic mass is 19.1. The van der Waals surface area contributed by atoms with Crippen LogP contribution in [0.25, 0.3) is 0 Å². The molecule has 2 nitrogen and oxygen atoms in total. The Morgan fingerprint density at radius 1 is 1.46 bits per heavy atom. The number of nitriles is 1. The second-order valence-corrected chi connectivity index (χ2v) is 3.33. The van der Waals surface area contributed by atoms with Crippen molar-refractivity contribution in [1.29, 1.82) is 5.26 Å². The molecular weight excluding hydrogens is 167 g/mol. The van der Waals surface area contributed by atoms with E-state index in [1.165, 1.54) is 12.1 Å². The Labute approximate surface area is 76.0 Å². The normalized spacial score (nSPS) is 17.5. The lowest BCUT2D eigenvalue weighted by Gasteiger charge is -2.09. The van der Waals surface area contributed by atoms with Crippen LogP contribution in [0.1, 0.15) is 12.8 Å². The Balaban J connectivity index is 2.15. The van der Waals surface area contributed by atoms with Crippen molar-refractivity contribution in [1.82, 2.24) is 0 Å². The molecule has 0 atom stereocenters. The van der Waals surface area contributed by atoms with E-state index in [1.54, 1.807) is 12.1 Å². The number of anilines is 1. The molecule has 0 aromatic heterocycles. The van der Waals surface area contributed by atoms with E-state index < -0.39 is 5.54 Å². The number of nitrogens with one attached hydrogen (secondary N) is 1. The summed E-state index contributed by atoms with van der Waals surface area (Å²) in [5.74, 6) is -0.279. The summed E-state index contributed by atoms with van der Waals surface area (Å²) in [6.07, 6.45) is 1.69. The lowest BCUT2D eigenvalue weighted by atomic mass is 10.2. The monoisotopic (exact) mass is 176 g/mol. The Hall–Kier alpha value is -1.56. The number of nitrogens with zero attached hydrogens (tertiary/aromatic N) is 1. The Morgan fingerprint density at radius 3 is 2.77 bits per heavy atom. The molecule has 0 saturated heterocycles.